The molecule has 0 radical (unpaired) electrons. The van der Waals surface area contributed by atoms with Gasteiger partial charge < -0.3 is 10.6 Å². The number of nitrogens with one attached hydrogen (secondary N) is 1. The lowest BCUT2D eigenvalue weighted by Crippen LogP contribution is -2.93. The Morgan fingerprint density at radius 3 is 2.33 bits per heavy atom. The van der Waals surface area contributed by atoms with Crippen molar-refractivity contribution in [3.63, 3.8) is 0 Å². The van der Waals surface area contributed by atoms with Gasteiger partial charge in [0.05, 0.1) is 0 Å². The number of carbonyl (C=O) groups excluding carboxylic acids is 2. The normalized spacial score (nSPS) is 20.6. The monoisotopic (exact) mass is 372 g/mol. The van der Waals surface area contributed by atoms with Crippen LogP contribution in [-0.2, 0) is 4.79 Å². The fourth-order valence-corrected chi connectivity index (χ4v) is 4.47. The van der Waals surface area contributed by atoms with Crippen LogP contribution in [0.5, 0.6) is 0 Å². The summed E-state index contributed by atoms with van der Waals surface area (Å²) in [5.74, 6) is 1.01. The van der Waals surface area contributed by atoms with Crippen molar-refractivity contribution in [2.24, 2.45) is 5.92 Å². The fraction of sp³-hybridized carbons (Fsp3) is 0.636. The van der Waals surface area contributed by atoms with Crippen LogP contribution >= 0.6 is 0 Å². The summed E-state index contributed by atoms with van der Waals surface area (Å²) in [4.78, 5) is 25.8. The number of hydrogen-bond acceptors (Lipinski definition) is 2. The van der Waals surface area contributed by atoms with E-state index >= 15 is 0 Å². The first kappa shape index (κ1) is 19.9. The molecule has 1 aliphatic heterocycles. The minimum Gasteiger partial charge on any atom is -0.336 e. The van der Waals surface area contributed by atoms with E-state index in [0.29, 0.717) is 24.9 Å². The van der Waals surface area contributed by atoms with Crippen molar-refractivity contribution in [3.05, 3.63) is 35.4 Å². The summed E-state index contributed by atoms with van der Waals surface area (Å²) >= 11 is 0. The third kappa shape index (κ3) is 4.70. The highest BCUT2D eigenvalue weighted by molar-refractivity contribution is 5.97. The van der Waals surface area contributed by atoms with E-state index in [-0.39, 0.29) is 24.0 Å². The first-order valence-corrected chi connectivity index (χ1v) is 10.5. The fourth-order valence-electron chi connectivity index (χ4n) is 4.47. The second-order valence-electron chi connectivity index (χ2n) is 8.47. The van der Waals surface area contributed by atoms with Gasteiger partial charge in [0.25, 0.3) is 5.91 Å². The highest BCUT2D eigenvalue weighted by Crippen LogP contribution is 2.33. The van der Waals surface area contributed by atoms with Crippen molar-refractivity contribution in [2.45, 2.75) is 70.9 Å². The lowest BCUT2D eigenvalue weighted by molar-refractivity contribution is -0.719. The standard InChI is InChI=1S/C22H33N3O2/c1-15(2)20(24-16(3)21(26)25-14-13-23-22(25)27)19-11-9-18(10-12-19)17-7-5-4-6-8-17/h9-12,15-17,20,24H,4-8,13-14H2,1-3H3,(H,23,27)/p+1/t16-,20+/m1/s1. The Labute approximate surface area is 162 Å². The van der Waals surface area contributed by atoms with Gasteiger partial charge in [-0.3, -0.25) is 9.69 Å². The molecule has 1 heterocycles. The van der Waals surface area contributed by atoms with Gasteiger partial charge in [0.2, 0.25) is 0 Å². The Morgan fingerprint density at radius 2 is 1.78 bits per heavy atom. The summed E-state index contributed by atoms with van der Waals surface area (Å²) in [7, 11) is 0. The molecule has 2 atom stereocenters. The van der Waals surface area contributed by atoms with E-state index in [1.54, 1.807) is 0 Å². The Bertz CT molecular complexity index is 650. The van der Waals surface area contributed by atoms with E-state index in [2.05, 4.69) is 48.7 Å². The second-order valence-corrected chi connectivity index (χ2v) is 8.47. The molecule has 0 aromatic heterocycles. The van der Waals surface area contributed by atoms with Gasteiger partial charge in [0, 0.05) is 24.6 Å². The first-order valence-electron chi connectivity index (χ1n) is 10.5. The van der Waals surface area contributed by atoms with Crippen molar-refractivity contribution in [1.29, 1.82) is 0 Å². The average Bonchev–Trinajstić information content (AvgIpc) is 3.12. The lowest BCUT2D eigenvalue weighted by Gasteiger charge is -2.26. The number of carbonyl (C=O) groups is 2. The van der Waals surface area contributed by atoms with Crippen molar-refractivity contribution in [2.75, 3.05) is 13.1 Å². The first-order chi connectivity index (χ1) is 13.0. The smallest absolute Gasteiger partial charge is 0.324 e. The summed E-state index contributed by atoms with van der Waals surface area (Å²) in [6.07, 6.45) is 6.68. The van der Waals surface area contributed by atoms with E-state index in [1.165, 1.54) is 48.1 Å². The third-order valence-corrected chi connectivity index (χ3v) is 6.12. The summed E-state index contributed by atoms with van der Waals surface area (Å²) in [6, 6.07) is 8.71. The van der Waals surface area contributed by atoms with Crippen LogP contribution in [-0.4, -0.2) is 36.0 Å². The largest absolute Gasteiger partial charge is 0.336 e. The summed E-state index contributed by atoms with van der Waals surface area (Å²) in [5, 5.41) is 4.82. The van der Waals surface area contributed by atoms with E-state index in [4.69, 9.17) is 0 Å². The van der Waals surface area contributed by atoms with Gasteiger partial charge in [-0.05, 0) is 31.2 Å². The van der Waals surface area contributed by atoms with Crippen LogP contribution in [0.3, 0.4) is 0 Å². The van der Waals surface area contributed by atoms with Gasteiger partial charge in [-0.2, -0.15) is 0 Å². The van der Waals surface area contributed by atoms with Crippen LogP contribution in [0, 0.1) is 5.92 Å². The van der Waals surface area contributed by atoms with Crippen molar-refractivity contribution < 1.29 is 14.9 Å². The zero-order chi connectivity index (χ0) is 19.4. The molecule has 0 spiro atoms. The van der Waals surface area contributed by atoms with Crippen LogP contribution in [0.25, 0.3) is 0 Å². The highest BCUT2D eigenvalue weighted by Gasteiger charge is 2.34. The van der Waals surface area contributed by atoms with Gasteiger partial charge in [0.1, 0.15) is 6.04 Å². The van der Waals surface area contributed by atoms with Gasteiger partial charge in [-0.1, -0.05) is 57.4 Å². The maximum atomic E-state index is 12.6. The van der Waals surface area contributed by atoms with E-state index < -0.39 is 0 Å². The average molecular weight is 373 g/mol. The van der Waals surface area contributed by atoms with Gasteiger partial charge >= 0.3 is 6.03 Å². The molecule has 1 aromatic carbocycles. The molecule has 1 aliphatic carbocycles. The molecular weight excluding hydrogens is 338 g/mol. The summed E-state index contributed by atoms with van der Waals surface area (Å²) in [5.41, 5.74) is 2.72. The Hall–Kier alpha value is -1.88. The van der Waals surface area contributed by atoms with Gasteiger partial charge in [0.15, 0.2) is 6.04 Å². The lowest BCUT2D eigenvalue weighted by atomic mass is 9.83. The molecule has 5 heteroatoms. The quantitative estimate of drug-likeness (QED) is 0.806. The number of urea groups is 1. The molecule has 2 aliphatic rings. The molecule has 2 fully saturated rings. The molecule has 1 aromatic rings. The molecule has 3 rings (SSSR count). The zero-order valence-electron chi connectivity index (χ0n) is 16.9. The molecule has 148 valence electrons. The SMILES string of the molecule is CC(C)[C@H]([NH2+][C@H](C)C(=O)N1CCNC1=O)c1ccc(C2CCCCC2)cc1. The highest BCUT2D eigenvalue weighted by atomic mass is 16.2. The van der Waals surface area contributed by atoms with Gasteiger partial charge in [-0.15, -0.1) is 0 Å². The predicted octanol–water partition coefficient (Wildman–Crippen LogP) is 2.94. The maximum absolute atomic E-state index is 12.6. The minimum atomic E-state index is -0.278. The van der Waals surface area contributed by atoms with Gasteiger partial charge in [-0.25, -0.2) is 4.79 Å². The van der Waals surface area contributed by atoms with Crippen LogP contribution in [0.2, 0.25) is 0 Å². The molecule has 1 saturated heterocycles. The molecule has 0 bridgehead atoms. The topological polar surface area (TPSA) is 66.0 Å². The number of nitrogens with zero attached hydrogens (tertiary/aromatic N) is 1. The Balaban J connectivity index is 1.67. The number of imide groups is 1. The van der Waals surface area contributed by atoms with Crippen LogP contribution < -0.4 is 10.6 Å². The Kier molecular flexibility index (Phi) is 6.53. The van der Waals surface area contributed by atoms with Crippen molar-refractivity contribution in [1.82, 2.24) is 10.2 Å². The van der Waals surface area contributed by atoms with Crippen molar-refractivity contribution >= 4 is 11.9 Å². The molecule has 27 heavy (non-hydrogen) atoms. The van der Waals surface area contributed by atoms with Crippen LogP contribution in [0.4, 0.5) is 4.79 Å². The van der Waals surface area contributed by atoms with Crippen molar-refractivity contribution in [3.8, 4) is 0 Å². The molecule has 3 amide bonds. The predicted molar refractivity (Wildman–Crippen MR) is 106 cm³/mol. The van der Waals surface area contributed by atoms with E-state index in [9.17, 15) is 9.59 Å². The number of rotatable bonds is 6. The van der Waals surface area contributed by atoms with Crippen LogP contribution in [0.1, 0.15) is 76.0 Å². The molecule has 1 saturated carbocycles. The summed E-state index contributed by atoms with van der Waals surface area (Å²) in [6.45, 7) is 7.30. The third-order valence-electron chi connectivity index (χ3n) is 6.12. The Morgan fingerprint density at radius 1 is 1.11 bits per heavy atom. The van der Waals surface area contributed by atoms with E-state index in [0.717, 1.165) is 0 Å². The number of amides is 3. The number of hydrogen-bond donors (Lipinski definition) is 2. The zero-order valence-corrected chi connectivity index (χ0v) is 16.9. The molecular formula is C22H34N3O2+. The van der Waals surface area contributed by atoms with Crippen LogP contribution in [0.15, 0.2) is 24.3 Å². The maximum Gasteiger partial charge on any atom is 0.324 e. The summed E-state index contributed by atoms with van der Waals surface area (Å²) < 4.78 is 0. The number of quaternary nitrogens is 1. The molecule has 0 unspecified atom stereocenters. The molecule has 3 N–H and O–H groups in total. The minimum absolute atomic E-state index is 0.102. The number of benzene rings is 1. The second kappa shape index (κ2) is 8.87. The number of nitrogens with two attached hydrogens (primary N) is 1. The van der Waals surface area contributed by atoms with E-state index in [1.807, 2.05) is 6.92 Å². The molecule has 5 nitrogen and oxygen atoms in total.